The molecular formula is C20H23FN6O. The van der Waals surface area contributed by atoms with E-state index in [9.17, 15) is 9.18 Å². The monoisotopic (exact) mass is 382 g/mol. The Morgan fingerprint density at radius 2 is 2.21 bits per heavy atom. The molecule has 28 heavy (non-hydrogen) atoms. The zero-order valence-electron chi connectivity index (χ0n) is 16.0. The van der Waals surface area contributed by atoms with Gasteiger partial charge in [0, 0.05) is 43.5 Å². The fourth-order valence-electron chi connectivity index (χ4n) is 3.28. The number of rotatable bonds is 6. The fraction of sp³-hybridized carbons (Fsp3) is 0.400. The van der Waals surface area contributed by atoms with Crippen molar-refractivity contribution >= 4 is 23.4 Å². The van der Waals surface area contributed by atoms with Gasteiger partial charge in [-0.3, -0.25) is 4.79 Å². The number of carbonyl (C=O) groups excluding carboxylic acids is 1. The van der Waals surface area contributed by atoms with Gasteiger partial charge in [0.2, 0.25) is 11.9 Å². The molecule has 0 spiro atoms. The van der Waals surface area contributed by atoms with Crippen LogP contribution in [0.25, 0.3) is 0 Å². The van der Waals surface area contributed by atoms with E-state index in [-0.39, 0.29) is 17.5 Å². The van der Waals surface area contributed by atoms with Crippen molar-refractivity contribution in [3.05, 3.63) is 41.3 Å². The lowest BCUT2D eigenvalue weighted by molar-refractivity contribution is -0.119. The van der Waals surface area contributed by atoms with Crippen molar-refractivity contribution in [1.29, 1.82) is 5.26 Å². The summed E-state index contributed by atoms with van der Waals surface area (Å²) in [5, 5.41) is 15.0. The number of nitrogens with one attached hydrogen (secondary N) is 2. The van der Waals surface area contributed by atoms with E-state index in [0.717, 1.165) is 37.3 Å². The van der Waals surface area contributed by atoms with Crippen LogP contribution in [0.1, 0.15) is 37.9 Å². The number of nitrogens with zero attached hydrogens (tertiary/aromatic N) is 4. The summed E-state index contributed by atoms with van der Waals surface area (Å²) in [4.78, 5) is 22.6. The van der Waals surface area contributed by atoms with Crippen LogP contribution >= 0.6 is 0 Å². The first-order valence-electron chi connectivity index (χ1n) is 9.35. The Morgan fingerprint density at radius 3 is 2.93 bits per heavy atom. The molecule has 1 aromatic heterocycles. The van der Waals surface area contributed by atoms with Crippen molar-refractivity contribution < 1.29 is 9.18 Å². The molecule has 1 aromatic carbocycles. The van der Waals surface area contributed by atoms with Gasteiger partial charge in [-0.2, -0.15) is 10.2 Å². The van der Waals surface area contributed by atoms with Gasteiger partial charge in [0.25, 0.3) is 0 Å². The lowest BCUT2D eigenvalue weighted by Crippen LogP contribution is -2.35. The lowest BCUT2D eigenvalue weighted by Gasteiger charge is -2.19. The van der Waals surface area contributed by atoms with E-state index in [0.29, 0.717) is 18.2 Å². The number of anilines is 3. The van der Waals surface area contributed by atoms with Crippen LogP contribution in [-0.4, -0.2) is 35.0 Å². The van der Waals surface area contributed by atoms with Crippen molar-refractivity contribution in [2.45, 2.75) is 39.2 Å². The lowest BCUT2D eigenvalue weighted by atomic mass is 10.2. The van der Waals surface area contributed by atoms with Gasteiger partial charge in [-0.25, -0.2) is 9.37 Å². The Bertz CT molecular complexity index is 910. The minimum Gasteiger partial charge on any atom is -0.354 e. The molecule has 3 rings (SSSR count). The summed E-state index contributed by atoms with van der Waals surface area (Å²) < 4.78 is 13.6. The van der Waals surface area contributed by atoms with Crippen LogP contribution in [0.3, 0.4) is 0 Å². The number of aromatic nitrogens is 2. The van der Waals surface area contributed by atoms with Crippen molar-refractivity contribution in [3.63, 3.8) is 0 Å². The Hall–Kier alpha value is -3.21. The van der Waals surface area contributed by atoms with Crippen LogP contribution in [0.15, 0.2) is 24.3 Å². The molecule has 1 atom stereocenters. The molecule has 1 saturated heterocycles. The third-order valence-electron chi connectivity index (χ3n) is 4.53. The Labute approximate surface area is 163 Å². The Balaban J connectivity index is 1.84. The second-order valence-electron chi connectivity index (χ2n) is 6.85. The number of aryl methyl sites for hydroxylation is 1. The second-order valence-corrected chi connectivity index (χ2v) is 6.85. The molecule has 2 N–H and O–H groups in total. The molecule has 1 fully saturated rings. The predicted octanol–water partition coefficient (Wildman–Crippen LogP) is 2.90. The Morgan fingerprint density at radius 1 is 1.39 bits per heavy atom. The van der Waals surface area contributed by atoms with E-state index in [1.807, 2.05) is 12.1 Å². The SMILES string of the molecule is CCCc1cc(N2CC[C@H](NC(C)=O)C2)nc(Nc2ccc(F)c(C#N)c2)n1. The van der Waals surface area contributed by atoms with Crippen LogP contribution < -0.4 is 15.5 Å². The molecule has 0 unspecified atom stereocenters. The van der Waals surface area contributed by atoms with E-state index < -0.39 is 5.82 Å². The van der Waals surface area contributed by atoms with Crippen LogP contribution in [0, 0.1) is 17.1 Å². The minimum absolute atomic E-state index is 0.0341. The maximum Gasteiger partial charge on any atom is 0.229 e. The first kappa shape index (κ1) is 19.5. The zero-order chi connectivity index (χ0) is 20.1. The predicted molar refractivity (Wildman–Crippen MR) is 105 cm³/mol. The summed E-state index contributed by atoms with van der Waals surface area (Å²) in [5.41, 5.74) is 1.42. The molecule has 8 heteroatoms. The topological polar surface area (TPSA) is 93.9 Å². The van der Waals surface area contributed by atoms with Gasteiger partial charge < -0.3 is 15.5 Å². The number of hydrogen-bond acceptors (Lipinski definition) is 6. The van der Waals surface area contributed by atoms with Gasteiger partial charge >= 0.3 is 0 Å². The standard InChI is InChI=1S/C20H23FN6O/c1-3-4-15-10-19(27-8-7-17(12-27)23-13(2)28)26-20(24-15)25-16-5-6-18(21)14(9-16)11-22/h5-6,9-10,17H,3-4,7-8,12H2,1-2H3,(H,23,28)(H,24,25,26)/t17-/m0/s1. The molecule has 0 aliphatic carbocycles. The molecule has 1 amide bonds. The first-order chi connectivity index (χ1) is 13.5. The van der Waals surface area contributed by atoms with Gasteiger partial charge in [-0.05, 0) is 31.0 Å². The van der Waals surface area contributed by atoms with Crippen molar-refractivity contribution in [3.8, 4) is 6.07 Å². The largest absolute Gasteiger partial charge is 0.354 e. The number of halogens is 1. The van der Waals surface area contributed by atoms with Gasteiger partial charge in [0.05, 0.1) is 5.56 Å². The molecular weight excluding hydrogens is 359 g/mol. The number of amides is 1. The maximum absolute atomic E-state index is 13.6. The highest BCUT2D eigenvalue weighted by Gasteiger charge is 2.24. The van der Waals surface area contributed by atoms with Gasteiger partial charge in [0.15, 0.2) is 0 Å². The summed E-state index contributed by atoms with van der Waals surface area (Å²) in [6, 6.07) is 8.14. The van der Waals surface area contributed by atoms with Crippen LogP contribution in [-0.2, 0) is 11.2 Å². The highest BCUT2D eigenvalue weighted by Crippen LogP contribution is 2.23. The summed E-state index contributed by atoms with van der Waals surface area (Å²) in [6.45, 7) is 5.09. The van der Waals surface area contributed by atoms with Crippen molar-refractivity contribution in [2.24, 2.45) is 0 Å². The molecule has 146 valence electrons. The Kier molecular flexibility index (Phi) is 6.04. The summed E-state index contributed by atoms with van der Waals surface area (Å²) in [5.74, 6) is 0.597. The number of benzene rings is 1. The van der Waals surface area contributed by atoms with E-state index >= 15 is 0 Å². The molecule has 7 nitrogen and oxygen atoms in total. The molecule has 1 aliphatic heterocycles. The quantitative estimate of drug-likeness (QED) is 0.798. The summed E-state index contributed by atoms with van der Waals surface area (Å²) in [6.07, 6.45) is 2.61. The summed E-state index contributed by atoms with van der Waals surface area (Å²) >= 11 is 0. The molecule has 0 bridgehead atoms. The molecule has 2 aromatic rings. The first-order valence-corrected chi connectivity index (χ1v) is 9.35. The molecule has 1 aliphatic rings. The van der Waals surface area contributed by atoms with E-state index in [1.165, 1.54) is 19.1 Å². The maximum atomic E-state index is 13.6. The normalized spacial score (nSPS) is 15.9. The van der Waals surface area contributed by atoms with Gasteiger partial charge in [0.1, 0.15) is 17.7 Å². The average Bonchev–Trinajstić information content (AvgIpc) is 3.11. The minimum atomic E-state index is -0.560. The smallest absolute Gasteiger partial charge is 0.229 e. The molecule has 0 radical (unpaired) electrons. The van der Waals surface area contributed by atoms with Gasteiger partial charge in [-0.1, -0.05) is 13.3 Å². The zero-order valence-corrected chi connectivity index (χ0v) is 16.0. The van der Waals surface area contributed by atoms with Crippen LogP contribution in [0.2, 0.25) is 0 Å². The van der Waals surface area contributed by atoms with E-state index in [1.54, 1.807) is 6.07 Å². The average molecular weight is 382 g/mol. The van der Waals surface area contributed by atoms with E-state index in [4.69, 9.17) is 5.26 Å². The highest BCUT2D eigenvalue weighted by molar-refractivity contribution is 5.73. The van der Waals surface area contributed by atoms with E-state index in [2.05, 4.69) is 32.4 Å². The third-order valence-corrected chi connectivity index (χ3v) is 4.53. The van der Waals surface area contributed by atoms with Crippen molar-refractivity contribution in [2.75, 3.05) is 23.3 Å². The van der Waals surface area contributed by atoms with Gasteiger partial charge in [-0.15, -0.1) is 0 Å². The van der Waals surface area contributed by atoms with Crippen LogP contribution in [0.5, 0.6) is 0 Å². The molecule has 2 heterocycles. The molecule has 0 saturated carbocycles. The highest BCUT2D eigenvalue weighted by atomic mass is 19.1. The summed E-state index contributed by atoms with van der Waals surface area (Å²) in [7, 11) is 0. The van der Waals surface area contributed by atoms with Crippen molar-refractivity contribution in [1.82, 2.24) is 15.3 Å². The number of hydrogen-bond donors (Lipinski definition) is 2. The number of nitriles is 1. The number of carbonyl (C=O) groups is 1. The fourth-order valence-corrected chi connectivity index (χ4v) is 3.28. The van der Waals surface area contributed by atoms with Crippen LogP contribution in [0.4, 0.5) is 21.8 Å². The second kappa shape index (κ2) is 8.65. The third kappa shape index (κ3) is 4.74.